The van der Waals surface area contributed by atoms with Gasteiger partial charge in [-0.15, -0.1) is 0 Å². The van der Waals surface area contributed by atoms with Crippen LogP contribution in [0.3, 0.4) is 0 Å². The summed E-state index contributed by atoms with van der Waals surface area (Å²) in [5, 5.41) is 12.9. The van der Waals surface area contributed by atoms with Crippen LogP contribution in [0.5, 0.6) is 11.5 Å². The molecule has 0 bridgehead atoms. The summed E-state index contributed by atoms with van der Waals surface area (Å²) in [6, 6.07) is 19.0. The van der Waals surface area contributed by atoms with Gasteiger partial charge in [-0.1, -0.05) is 34.6 Å². The molecule has 0 spiro atoms. The summed E-state index contributed by atoms with van der Waals surface area (Å²) in [6.07, 6.45) is 0. The number of sulfonamides is 1. The standard InChI is InChI=1S/C31H34N4O5S/c1-30(2,3)24-15-20(16-25-28(24)40-18-31(25,4)5)33-29(36)26-17-27(19-7-11-22(39-6)12-8-19)35(34-26)21-9-13-23(14-10-21)41(32,37)38/h7-17H,18H2,1-6H3,(H,33,36)(H2,32,37,38). The summed E-state index contributed by atoms with van der Waals surface area (Å²) < 4.78 is 36.5. The first-order chi connectivity index (χ1) is 19.2. The molecule has 1 aliphatic heterocycles. The van der Waals surface area contributed by atoms with Gasteiger partial charge < -0.3 is 14.8 Å². The molecule has 0 saturated carbocycles. The predicted octanol–water partition coefficient (Wildman–Crippen LogP) is 5.42. The molecule has 0 aliphatic carbocycles. The van der Waals surface area contributed by atoms with Gasteiger partial charge in [0.05, 0.1) is 30.0 Å². The lowest BCUT2D eigenvalue weighted by molar-refractivity contribution is 0.102. The number of ether oxygens (including phenoxy) is 2. The highest BCUT2D eigenvalue weighted by atomic mass is 32.2. The zero-order chi connectivity index (χ0) is 29.7. The van der Waals surface area contributed by atoms with Crippen LogP contribution in [0.4, 0.5) is 5.69 Å². The molecule has 0 saturated heterocycles. The average Bonchev–Trinajstić information content (AvgIpc) is 3.49. The van der Waals surface area contributed by atoms with Crippen molar-refractivity contribution < 1.29 is 22.7 Å². The molecule has 41 heavy (non-hydrogen) atoms. The SMILES string of the molecule is COc1ccc(-c2cc(C(=O)Nc3cc(C(C)(C)C)c4c(c3)C(C)(C)CO4)nn2-c2ccc(S(N)(=O)=O)cc2)cc1. The van der Waals surface area contributed by atoms with Crippen molar-refractivity contribution in [3.63, 3.8) is 0 Å². The minimum atomic E-state index is -3.86. The number of rotatable bonds is 6. The third-order valence-electron chi connectivity index (χ3n) is 7.20. The highest BCUT2D eigenvalue weighted by Gasteiger charge is 2.36. The second kappa shape index (κ2) is 10.0. The van der Waals surface area contributed by atoms with Crippen molar-refractivity contribution in [2.75, 3.05) is 19.0 Å². The zero-order valence-electron chi connectivity index (χ0n) is 24.0. The highest BCUT2D eigenvalue weighted by Crippen LogP contribution is 2.46. The Morgan fingerprint density at radius 2 is 1.71 bits per heavy atom. The van der Waals surface area contributed by atoms with E-state index >= 15 is 0 Å². The third-order valence-corrected chi connectivity index (χ3v) is 8.13. The Labute approximate surface area is 240 Å². The molecular formula is C31H34N4O5S. The summed E-state index contributed by atoms with van der Waals surface area (Å²) in [4.78, 5) is 13.6. The van der Waals surface area contributed by atoms with Gasteiger partial charge in [0.2, 0.25) is 10.0 Å². The van der Waals surface area contributed by atoms with E-state index in [4.69, 9.17) is 14.6 Å². The second-order valence-corrected chi connectivity index (χ2v) is 13.4. The molecule has 1 amide bonds. The number of carbonyl (C=O) groups excluding carboxylic acids is 1. The Morgan fingerprint density at radius 3 is 2.29 bits per heavy atom. The van der Waals surface area contributed by atoms with E-state index in [1.54, 1.807) is 30.0 Å². The van der Waals surface area contributed by atoms with Gasteiger partial charge >= 0.3 is 0 Å². The molecule has 0 atom stereocenters. The fourth-order valence-corrected chi connectivity index (χ4v) is 5.39. The monoisotopic (exact) mass is 574 g/mol. The smallest absolute Gasteiger partial charge is 0.276 e. The lowest BCUT2D eigenvalue weighted by Crippen LogP contribution is -2.19. The summed E-state index contributed by atoms with van der Waals surface area (Å²) in [7, 11) is -2.27. The van der Waals surface area contributed by atoms with E-state index in [1.807, 2.05) is 36.4 Å². The number of hydrogen-bond donors (Lipinski definition) is 2. The van der Waals surface area contributed by atoms with Crippen LogP contribution in [0.2, 0.25) is 0 Å². The molecule has 214 valence electrons. The van der Waals surface area contributed by atoms with Gasteiger partial charge in [-0.3, -0.25) is 4.79 Å². The minimum Gasteiger partial charge on any atom is -0.497 e. The molecule has 5 rings (SSSR count). The van der Waals surface area contributed by atoms with Gasteiger partial charge in [0, 0.05) is 27.8 Å². The number of aromatic nitrogens is 2. The summed E-state index contributed by atoms with van der Waals surface area (Å²) >= 11 is 0. The summed E-state index contributed by atoms with van der Waals surface area (Å²) in [5.41, 5.74) is 4.54. The molecule has 9 nitrogen and oxygen atoms in total. The highest BCUT2D eigenvalue weighted by molar-refractivity contribution is 7.89. The number of nitrogens with one attached hydrogen (secondary N) is 1. The molecule has 3 aromatic carbocycles. The van der Waals surface area contributed by atoms with Crippen molar-refractivity contribution in [2.24, 2.45) is 5.14 Å². The number of hydrogen-bond acceptors (Lipinski definition) is 6. The number of benzene rings is 3. The Balaban J connectivity index is 1.56. The fourth-order valence-electron chi connectivity index (χ4n) is 4.88. The number of carbonyl (C=O) groups is 1. The zero-order valence-corrected chi connectivity index (χ0v) is 24.8. The molecule has 0 radical (unpaired) electrons. The number of nitrogens with two attached hydrogens (primary N) is 1. The molecule has 3 N–H and O–H groups in total. The van der Waals surface area contributed by atoms with E-state index in [0.29, 0.717) is 29.4 Å². The van der Waals surface area contributed by atoms with Gasteiger partial charge in [0.15, 0.2) is 5.69 Å². The molecule has 1 aromatic heterocycles. The van der Waals surface area contributed by atoms with E-state index in [9.17, 15) is 13.2 Å². The molecule has 0 fully saturated rings. The molecule has 0 unspecified atom stereocenters. The van der Waals surface area contributed by atoms with Gasteiger partial charge in [0.1, 0.15) is 11.5 Å². The van der Waals surface area contributed by atoms with Gasteiger partial charge in [0.25, 0.3) is 5.91 Å². The predicted molar refractivity (Wildman–Crippen MR) is 159 cm³/mol. The maximum atomic E-state index is 13.6. The lowest BCUT2D eigenvalue weighted by Gasteiger charge is -2.24. The van der Waals surface area contributed by atoms with Crippen molar-refractivity contribution in [1.29, 1.82) is 0 Å². The maximum absolute atomic E-state index is 13.6. The Bertz CT molecular complexity index is 1730. The van der Waals surface area contributed by atoms with Crippen LogP contribution in [-0.4, -0.2) is 37.8 Å². The Kier molecular flexibility index (Phi) is 6.95. The van der Waals surface area contributed by atoms with Crippen molar-refractivity contribution >= 4 is 21.6 Å². The van der Waals surface area contributed by atoms with Crippen LogP contribution in [-0.2, 0) is 20.9 Å². The molecular weight excluding hydrogens is 540 g/mol. The number of nitrogens with zero attached hydrogens (tertiary/aromatic N) is 2. The fraction of sp³-hybridized carbons (Fsp3) is 0.290. The van der Waals surface area contributed by atoms with Crippen LogP contribution in [0.1, 0.15) is 56.2 Å². The van der Waals surface area contributed by atoms with Crippen molar-refractivity contribution in [3.05, 3.63) is 83.6 Å². The first-order valence-corrected chi connectivity index (χ1v) is 14.7. The third kappa shape index (κ3) is 5.57. The Morgan fingerprint density at radius 1 is 1.05 bits per heavy atom. The minimum absolute atomic E-state index is 0.0180. The van der Waals surface area contributed by atoms with Crippen molar-refractivity contribution in [2.45, 2.75) is 50.3 Å². The average molecular weight is 575 g/mol. The number of primary sulfonamides is 1. The van der Waals surface area contributed by atoms with Crippen LogP contribution < -0.4 is 19.9 Å². The molecule has 4 aromatic rings. The molecule has 1 aliphatic rings. The number of anilines is 1. The normalized spacial score (nSPS) is 14.3. The van der Waals surface area contributed by atoms with Crippen molar-refractivity contribution in [1.82, 2.24) is 9.78 Å². The number of methoxy groups -OCH3 is 1. The van der Waals surface area contributed by atoms with Crippen molar-refractivity contribution in [3.8, 4) is 28.4 Å². The Hall–Kier alpha value is -4.15. The van der Waals surface area contributed by atoms with Crippen LogP contribution in [0.15, 0.2) is 71.6 Å². The quantitative estimate of drug-likeness (QED) is 0.317. The second-order valence-electron chi connectivity index (χ2n) is 11.9. The van der Waals surface area contributed by atoms with Gasteiger partial charge in [-0.05, 0) is 72.1 Å². The summed E-state index contributed by atoms with van der Waals surface area (Å²) in [5.74, 6) is 1.19. The lowest BCUT2D eigenvalue weighted by atomic mass is 9.80. The number of fused-ring (bicyclic) bond motifs is 1. The van der Waals surface area contributed by atoms with Crippen LogP contribution in [0, 0.1) is 0 Å². The largest absolute Gasteiger partial charge is 0.497 e. The first kappa shape index (κ1) is 28.4. The van der Waals surface area contributed by atoms with Gasteiger partial charge in [-0.2, -0.15) is 5.10 Å². The van der Waals surface area contributed by atoms with Gasteiger partial charge in [-0.25, -0.2) is 18.2 Å². The molecule has 10 heteroatoms. The van der Waals surface area contributed by atoms with Crippen LogP contribution in [0.25, 0.3) is 16.9 Å². The topological polar surface area (TPSA) is 126 Å². The first-order valence-electron chi connectivity index (χ1n) is 13.2. The van der Waals surface area contributed by atoms with Crippen LogP contribution >= 0.6 is 0 Å². The van der Waals surface area contributed by atoms with E-state index in [-0.39, 0.29) is 27.3 Å². The van der Waals surface area contributed by atoms with E-state index in [0.717, 1.165) is 22.4 Å². The maximum Gasteiger partial charge on any atom is 0.276 e. The number of amides is 1. The van der Waals surface area contributed by atoms with E-state index in [2.05, 4.69) is 45.0 Å². The summed E-state index contributed by atoms with van der Waals surface area (Å²) in [6.45, 7) is 11.2. The van der Waals surface area contributed by atoms with E-state index < -0.39 is 10.0 Å². The molecule has 2 heterocycles. The van der Waals surface area contributed by atoms with E-state index in [1.165, 1.54) is 12.1 Å².